The maximum Gasteiger partial charge on any atom is 0.573 e. The van der Waals surface area contributed by atoms with Gasteiger partial charge in [-0.3, -0.25) is 0 Å². The molecule has 0 aliphatic carbocycles. The van der Waals surface area contributed by atoms with Gasteiger partial charge in [0.05, 0.1) is 16.6 Å². The van der Waals surface area contributed by atoms with E-state index in [0.29, 0.717) is 16.6 Å². The van der Waals surface area contributed by atoms with Gasteiger partial charge in [-0.25, -0.2) is 4.79 Å². The molecule has 5 nitrogen and oxygen atoms in total. The molecule has 3 aromatic rings. The average molecular weight is 360 g/mol. The number of pyridine rings is 1. The van der Waals surface area contributed by atoms with Gasteiger partial charge in [0.25, 0.3) is 0 Å². The Balaban J connectivity index is 1.70. The number of fused-ring (bicyclic) bond motifs is 1. The maximum absolute atomic E-state index is 12.1. The van der Waals surface area contributed by atoms with Crippen LogP contribution in [0.25, 0.3) is 5.52 Å². The zero-order valence-electron chi connectivity index (χ0n) is 13.2. The summed E-state index contributed by atoms with van der Waals surface area (Å²) in [6, 6.07) is 11.8. The van der Waals surface area contributed by atoms with E-state index in [0.717, 1.165) is 12.1 Å². The van der Waals surface area contributed by atoms with E-state index >= 15 is 0 Å². The van der Waals surface area contributed by atoms with Crippen LogP contribution in [0.15, 0.2) is 54.9 Å². The van der Waals surface area contributed by atoms with E-state index in [1.54, 1.807) is 35.0 Å². The van der Waals surface area contributed by atoms with Crippen LogP contribution in [-0.2, 0) is 11.3 Å². The molecular weight excluding hydrogens is 349 g/mol. The van der Waals surface area contributed by atoms with Gasteiger partial charge in [0.2, 0.25) is 0 Å². The molecule has 0 aliphatic rings. The highest BCUT2D eigenvalue weighted by atomic mass is 19.4. The number of hydrogen-bond acceptors (Lipinski definition) is 4. The first-order valence-corrected chi connectivity index (χ1v) is 7.39. The van der Waals surface area contributed by atoms with Crippen LogP contribution in [-0.4, -0.2) is 16.7 Å². The Kier molecular flexibility index (Phi) is 4.54. The number of esters is 1. The van der Waals surface area contributed by atoms with Crippen LogP contribution < -0.4 is 4.74 Å². The summed E-state index contributed by atoms with van der Waals surface area (Å²) in [5, 5.41) is 9.30. The summed E-state index contributed by atoms with van der Waals surface area (Å²) in [5.41, 5.74) is 1.69. The lowest BCUT2D eigenvalue weighted by atomic mass is 10.2. The number of nitriles is 1. The van der Waals surface area contributed by atoms with Crippen molar-refractivity contribution in [2.75, 3.05) is 0 Å². The topological polar surface area (TPSA) is 63.7 Å². The van der Waals surface area contributed by atoms with Gasteiger partial charge in [-0.05, 0) is 36.4 Å². The van der Waals surface area contributed by atoms with Crippen molar-refractivity contribution >= 4 is 11.5 Å². The molecule has 2 aromatic heterocycles. The second-order valence-corrected chi connectivity index (χ2v) is 5.28. The fourth-order valence-electron chi connectivity index (χ4n) is 2.44. The van der Waals surface area contributed by atoms with E-state index in [-0.39, 0.29) is 12.2 Å². The van der Waals surface area contributed by atoms with Gasteiger partial charge in [-0.1, -0.05) is 6.07 Å². The minimum Gasteiger partial charge on any atom is -0.457 e. The summed E-state index contributed by atoms with van der Waals surface area (Å²) >= 11 is 0. The Bertz CT molecular complexity index is 986. The predicted molar refractivity (Wildman–Crippen MR) is 84.4 cm³/mol. The van der Waals surface area contributed by atoms with E-state index in [9.17, 15) is 23.2 Å². The maximum atomic E-state index is 12.1. The van der Waals surface area contributed by atoms with Crippen molar-refractivity contribution in [2.24, 2.45) is 0 Å². The standard InChI is InChI=1S/C18H11F3N2O3/c19-18(20,21)26-14-6-4-12(5-7-14)17(24)25-11-13-10-23-8-2-1-3-16(23)15(13)9-22/h1-8,10H,11H2. The van der Waals surface area contributed by atoms with Gasteiger partial charge in [0, 0.05) is 18.0 Å². The summed E-state index contributed by atoms with van der Waals surface area (Å²) in [4.78, 5) is 12.1. The third-order valence-electron chi connectivity index (χ3n) is 3.56. The molecule has 1 aromatic carbocycles. The summed E-state index contributed by atoms with van der Waals surface area (Å²) < 4.78 is 47.0. The smallest absolute Gasteiger partial charge is 0.457 e. The van der Waals surface area contributed by atoms with Crippen molar-refractivity contribution in [2.45, 2.75) is 13.0 Å². The van der Waals surface area contributed by atoms with E-state index in [2.05, 4.69) is 10.8 Å². The van der Waals surface area contributed by atoms with Crippen LogP contribution in [0, 0.1) is 11.3 Å². The van der Waals surface area contributed by atoms with Crippen LogP contribution in [0.1, 0.15) is 21.5 Å². The number of halogens is 3. The molecular formula is C18H11F3N2O3. The van der Waals surface area contributed by atoms with Gasteiger partial charge in [0.15, 0.2) is 0 Å². The number of aromatic nitrogens is 1. The predicted octanol–water partition coefficient (Wildman–Crippen LogP) is 4.07. The molecule has 0 atom stereocenters. The molecule has 0 radical (unpaired) electrons. The Morgan fingerprint density at radius 1 is 1.15 bits per heavy atom. The number of benzene rings is 1. The molecule has 3 rings (SSSR count). The highest BCUT2D eigenvalue weighted by Crippen LogP contribution is 2.23. The molecule has 0 fully saturated rings. The zero-order chi connectivity index (χ0) is 18.7. The van der Waals surface area contributed by atoms with Crippen molar-refractivity contribution in [3.05, 3.63) is 71.5 Å². The van der Waals surface area contributed by atoms with Gasteiger partial charge >= 0.3 is 12.3 Å². The second-order valence-electron chi connectivity index (χ2n) is 5.28. The molecule has 0 saturated carbocycles. The van der Waals surface area contributed by atoms with Crippen LogP contribution in [0.5, 0.6) is 5.75 Å². The van der Waals surface area contributed by atoms with Crippen molar-refractivity contribution < 1.29 is 27.4 Å². The molecule has 0 aliphatic heterocycles. The van der Waals surface area contributed by atoms with Gasteiger partial charge < -0.3 is 13.9 Å². The number of carbonyl (C=O) groups excluding carboxylic acids is 1. The lowest BCUT2D eigenvalue weighted by Gasteiger charge is -2.09. The van der Waals surface area contributed by atoms with Crippen molar-refractivity contribution in [3.63, 3.8) is 0 Å². The largest absolute Gasteiger partial charge is 0.573 e. The average Bonchev–Trinajstić information content (AvgIpc) is 2.96. The third kappa shape index (κ3) is 3.78. The number of rotatable bonds is 4. The molecule has 26 heavy (non-hydrogen) atoms. The van der Waals surface area contributed by atoms with E-state index in [1.807, 2.05) is 0 Å². The number of hydrogen-bond donors (Lipinski definition) is 0. The summed E-state index contributed by atoms with van der Waals surface area (Å²) in [6.07, 6.45) is -1.35. The monoisotopic (exact) mass is 360 g/mol. The Morgan fingerprint density at radius 3 is 2.54 bits per heavy atom. The van der Waals surface area contributed by atoms with Crippen LogP contribution in [0.2, 0.25) is 0 Å². The quantitative estimate of drug-likeness (QED) is 0.658. The number of ether oxygens (including phenoxy) is 2. The fourth-order valence-corrected chi connectivity index (χ4v) is 2.44. The summed E-state index contributed by atoms with van der Waals surface area (Å²) in [5.74, 6) is -1.15. The fraction of sp³-hybridized carbons (Fsp3) is 0.111. The molecule has 0 unspecified atom stereocenters. The van der Waals surface area contributed by atoms with Crippen molar-refractivity contribution in [1.82, 2.24) is 4.40 Å². The molecule has 0 saturated heterocycles. The molecule has 132 valence electrons. The van der Waals surface area contributed by atoms with Crippen molar-refractivity contribution in [3.8, 4) is 11.8 Å². The first kappa shape index (κ1) is 17.4. The summed E-state index contributed by atoms with van der Waals surface area (Å²) in [7, 11) is 0. The van der Waals surface area contributed by atoms with Crippen LogP contribution >= 0.6 is 0 Å². The Morgan fingerprint density at radius 2 is 1.88 bits per heavy atom. The molecule has 0 N–H and O–H groups in total. The van der Waals surface area contributed by atoms with Gasteiger partial charge in [-0.2, -0.15) is 5.26 Å². The van der Waals surface area contributed by atoms with Crippen LogP contribution in [0.3, 0.4) is 0 Å². The Hall–Kier alpha value is -3.47. The molecule has 0 spiro atoms. The number of alkyl halides is 3. The first-order valence-electron chi connectivity index (χ1n) is 7.39. The lowest BCUT2D eigenvalue weighted by molar-refractivity contribution is -0.274. The lowest BCUT2D eigenvalue weighted by Crippen LogP contribution is -2.17. The summed E-state index contributed by atoms with van der Waals surface area (Å²) in [6.45, 7) is -0.135. The molecule has 2 heterocycles. The van der Waals surface area contributed by atoms with E-state index in [1.165, 1.54) is 12.1 Å². The van der Waals surface area contributed by atoms with Crippen LogP contribution in [0.4, 0.5) is 13.2 Å². The Labute approximate surface area is 145 Å². The van der Waals surface area contributed by atoms with Gasteiger partial charge in [0.1, 0.15) is 18.4 Å². The highest BCUT2D eigenvalue weighted by molar-refractivity contribution is 5.89. The first-order chi connectivity index (χ1) is 12.4. The highest BCUT2D eigenvalue weighted by Gasteiger charge is 2.31. The second kappa shape index (κ2) is 6.80. The van der Waals surface area contributed by atoms with Gasteiger partial charge in [-0.15, -0.1) is 13.2 Å². The number of carbonyl (C=O) groups is 1. The normalized spacial score (nSPS) is 11.2. The third-order valence-corrected chi connectivity index (χ3v) is 3.56. The SMILES string of the molecule is N#Cc1c(COC(=O)c2ccc(OC(F)(F)F)cc2)cn2ccccc12. The number of nitrogens with zero attached hydrogens (tertiary/aromatic N) is 2. The molecule has 8 heteroatoms. The molecule has 0 bridgehead atoms. The molecule has 0 amide bonds. The van der Waals surface area contributed by atoms with Crippen molar-refractivity contribution in [1.29, 1.82) is 5.26 Å². The zero-order valence-corrected chi connectivity index (χ0v) is 13.2. The van der Waals surface area contributed by atoms with E-state index < -0.39 is 18.1 Å². The minimum absolute atomic E-state index is 0.0711. The minimum atomic E-state index is -4.80. The van der Waals surface area contributed by atoms with E-state index in [4.69, 9.17) is 4.74 Å².